The predicted molar refractivity (Wildman–Crippen MR) is 63.0 cm³/mol. The van der Waals surface area contributed by atoms with Gasteiger partial charge >= 0.3 is 0 Å². The van der Waals surface area contributed by atoms with Crippen molar-refractivity contribution in [3.05, 3.63) is 21.3 Å². The highest BCUT2D eigenvalue weighted by Crippen LogP contribution is 2.50. The maximum absolute atomic E-state index is 9.29. The number of nitrogens with zero attached hydrogens (tertiary/aromatic N) is 1. The summed E-state index contributed by atoms with van der Waals surface area (Å²) in [6.45, 7) is 0. The second kappa shape index (κ2) is 4.13. The van der Waals surface area contributed by atoms with Crippen LogP contribution >= 0.6 is 22.9 Å². The molecule has 1 heterocycles. The maximum atomic E-state index is 9.29. The molecule has 0 amide bonds. The van der Waals surface area contributed by atoms with Gasteiger partial charge in [-0.25, -0.2) is 0 Å². The first-order valence-electron chi connectivity index (χ1n) is 5.05. The monoisotopic (exact) mass is 240 g/mol. The first-order valence-corrected chi connectivity index (χ1v) is 6.25. The van der Waals surface area contributed by atoms with Gasteiger partial charge in [0.05, 0.1) is 21.9 Å². The highest BCUT2D eigenvalue weighted by molar-refractivity contribution is 7.16. The molecule has 0 aromatic carbocycles. The fraction of sp³-hybridized carbons (Fsp3) is 0.545. The van der Waals surface area contributed by atoms with Crippen LogP contribution in [0, 0.1) is 16.7 Å². The molecule has 1 aromatic rings. The third-order valence-electron chi connectivity index (χ3n) is 3.19. The van der Waals surface area contributed by atoms with Crippen LogP contribution in [0.3, 0.4) is 0 Å². The van der Waals surface area contributed by atoms with Crippen LogP contribution in [0.4, 0.5) is 0 Å². The summed E-state index contributed by atoms with van der Waals surface area (Å²) >= 11 is 7.49. The van der Waals surface area contributed by atoms with Gasteiger partial charge in [-0.05, 0) is 32.0 Å². The Morgan fingerprint density at radius 1 is 1.60 bits per heavy atom. The molecule has 0 radical (unpaired) electrons. The number of hydrogen-bond donors (Lipinski definition) is 1. The molecule has 1 aromatic heterocycles. The van der Waals surface area contributed by atoms with Gasteiger partial charge in [0.25, 0.3) is 0 Å². The zero-order chi connectivity index (χ0) is 10.9. The van der Waals surface area contributed by atoms with Gasteiger partial charge in [0.1, 0.15) is 0 Å². The lowest BCUT2D eigenvalue weighted by Gasteiger charge is -2.41. The zero-order valence-electron chi connectivity index (χ0n) is 8.59. The van der Waals surface area contributed by atoms with E-state index in [4.69, 9.17) is 11.6 Å². The van der Waals surface area contributed by atoms with Crippen LogP contribution < -0.4 is 5.32 Å². The standard InChI is InChI=1S/C11H13ClN2S/c1-14-10(8-3-4-9(12)15-8)11(7-13)5-2-6-11/h3-4,10,14H,2,5-6H2,1H3. The minimum absolute atomic E-state index is 0.133. The quantitative estimate of drug-likeness (QED) is 0.880. The summed E-state index contributed by atoms with van der Waals surface area (Å²) in [6.07, 6.45) is 3.14. The topological polar surface area (TPSA) is 35.8 Å². The van der Waals surface area contributed by atoms with Gasteiger partial charge < -0.3 is 5.32 Å². The van der Waals surface area contributed by atoms with Crippen molar-refractivity contribution in [2.45, 2.75) is 25.3 Å². The smallest absolute Gasteiger partial charge is 0.0931 e. The van der Waals surface area contributed by atoms with E-state index in [1.165, 1.54) is 4.88 Å². The Labute approximate surface area is 98.9 Å². The summed E-state index contributed by atoms with van der Waals surface area (Å²) in [5.74, 6) is 0. The Kier molecular flexibility index (Phi) is 3.01. The normalized spacial score (nSPS) is 20.3. The molecule has 1 N–H and O–H groups in total. The molecule has 1 atom stereocenters. The molecular formula is C11H13ClN2S. The van der Waals surface area contributed by atoms with Gasteiger partial charge in [0.15, 0.2) is 0 Å². The van der Waals surface area contributed by atoms with Crippen molar-refractivity contribution in [3.8, 4) is 6.07 Å². The van der Waals surface area contributed by atoms with E-state index in [0.29, 0.717) is 0 Å². The molecule has 15 heavy (non-hydrogen) atoms. The van der Waals surface area contributed by atoms with Crippen LogP contribution in [0.2, 0.25) is 4.34 Å². The molecular weight excluding hydrogens is 228 g/mol. The van der Waals surface area contributed by atoms with E-state index in [0.717, 1.165) is 23.6 Å². The second-order valence-electron chi connectivity index (χ2n) is 3.99. The molecule has 4 heteroatoms. The van der Waals surface area contributed by atoms with E-state index in [2.05, 4.69) is 11.4 Å². The largest absolute Gasteiger partial charge is 0.311 e. The van der Waals surface area contributed by atoms with Crippen molar-refractivity contribution in [2.75, 3.05) is 7.05 Å². The summed E-state index contributed by atoms with van der Waals surface area (Å²) < 4.78 is 0.790. The van der Waals surface area contributed by atoms with Gasteiger partial charge in [-0.3, -0.25) is 0 Å². The van der Waals surface area contributed by atoms with Crippen LogP contribution in [-0.4, -0.2) is 7.05 Å². The van der Waals surface area contributed by atoms with E-state index >= 15 is 0 Å². The van der Waals surface area contributed by atoms with E-state index in [9.17, 15) is 5.26 Å². The summed E-state index contributed by atoms with van der Waals surface area (Å²) in [4.78, 5) is 1.17. The lowest BCUT2D eigenvalue weighted by atomic mass is 9.64. The lowest BCUT2D eigenvalue weighted by Crippen LogP contribution is -2.40. The number of thiophene rings is 1. The molecule has 0 spiro atoms. The Bertz CT molecular complexity index is 390. The second-order valence-corrected chi connectivity index (χ2v) is 5.73. The van der Waals surface area contributed by atoms with E-state index in [-0.39, 0.29) is 11.5 Å². The van der Waals surface area contributed by atoms with Gasteiger partial charge in [-0.2, -0.15) is 5.26 Å². The van der Waals surface area contributed by atoms with Crippen molar-refractivity contribution >= 4 is 22.9 Å². The predicted octanol–water partition coefficient (Wildman–Crippen LogP) is 3.36. The Balaban J connectivity index is 2.28. The Hall–Kier alpha value is -0.560. The highest BCUT2D eigenvalue weighted by atomic mass is 35.5. The SMILES string of the molecule is CNC(c1ccc(Cl)s1)C1(C#N)CCC1. The van der Waals surface area contributed by atoms with Crippen molar-refractivity contribution in [1.29, 1.82) is 5.26 Å². The number of halogens is 1. The molecule has 1 aliphatic carbocycles. The van der Waals surface area contributed by atoms with Crippen molar-refractivity contribution in [3.63, 3.8) is 0 Å². The molecule has 0 saturated heterocycles. The first kappa shape index (κ1) is 10.9. The van der Waals surface area contributed by atoms with E-state index in [1.807, 2.05) is 19.2 Å². The summed E-state index contributed by atoms with van der Waals surface area (Å²) in [5.41, 5.74) is -0.205. The van der Waals surface area contributed by atoms with Crippen LogP contribution in [0.1, 0.15) is 30.2 Å². The number of rotatable bonds is 3. The summed E-state index contributed by atoms with van der Waals surface area (Å²) in [6, 6.07) is 6.53. The maximum Gasteiger partial charge on any atom is 0.0931 e. The molecule has 0 aliphatic heterocycles. The number of nitriles is 1. The fourth-order valence-electron chi connectivity index (χ4n) is 2.20. The Morgan fingerprint density at radius 3 is 2.67 bits per heavy atom. The number of hydrogen-bond acceptors (Lipinski definition) is 3. The fourth-order valence-corrected chi connectivity index (χ4v) is 3.49. The van der Waals surface area contributed by atoms with E-state index in [1.54, 1.807) is 11.3 Å². The third kappa shape index (κ3) is 1.78. The first-order chi connectivity index (χ1) is 7.22. The summed E-state index contributed by atoms with van der Waals surface area (Å²) in [5, 5.41) is 12.5. The van der Waals surface area contributed by atoms with E-state index < -0.39 is 0 Å². The third-order valence-corrected chi connectivity index (χ3v) is 4.48. The summed E-state index contributed by atoms with van der Waals surface area (Å²) in [7, 11) is 1.91. The van der Waals surface area contributed by atoms with Gasteiger partial charge in [0, 0.05) is 4.88 Å². The van der Waals surface area contributed by atoms with Crippen LogP contribution in [0.15, 0.2) is 12.1 Å². The Morgan fingerprint density at radius 2 is 2.33 bits per heavy atom. The van der Waals surface area contributed by atoms with Crippen LogP contribution in [0.25, 0.3) is 0 Å². The minimum atomic E-state index is -0.205. The van der Waals surface area contributed by atoms with Crippen molar-refractivity contribution in [2.24, 2.45) is 5.41 Å². The minimum Gasteiger partial charge on any atom is -0.311 e. The van der Waals surface area contributed by atoms with Gasteiger partial charge in [0.2, 0.25) is 0 Å². The molecule has 1 unspecified atom stereocenters. The molecule has 1 fully saturated rings. The molecule has 1 aliphatic rings. The molecule has 80 valence electrons. The average Bonchev–Trinajstić information content (AvgIpc) is 2.58. The van der Waals surface area contributed by atoms with Crippen molar-refractivity contribution in [1.82, 2.24) is 5.32 Å². The zero-order valence-corrected chi connectivity index (χ0v) is 10.2. The number of nitrogens with one attached hydrogen (secondary N) is 1. The molecule has 0 bridgehead atoms. The highest BCUT2D eigenvalue weighted by Gasteiger charge is 2.45. The molecule has 2 rings (SSSR count). The lowest BCUT2D eigenvalue weighted by molar-refractivity contribution is 0.151. The molecule has 1 saturated carbocycles. The van der Waals surface area contributed by atoms with Gasteiger partial charge in [-0.15, -0.1) is 11.3 Å². The van der Waals surface area contributed by atoms with Gasteiger partial charge in [-0.1, -0.05) is 18.0 Å². The van der Waals surface area contributed by atoms with Crippen LogP contribution in [-0.2, 0) is 0 Å². The average molecular weight is 241 g/mol. The van der Waals surface area contributed by atoms with Crippen molar-refractivity contribution < 1.29 is 0 Å². The molecule has 2 nitrogen and oxygen atoms in total. The van der Waals surface area contributed by atoms with Crippen LogP contribution in [0.5, 0.6) is 0 Å².